The molecular weight excluding hydrogens is 495 g/mol. The Morgan fingerprint density at radius 3 is 2.25 bits per heavy atom. The first kappa shape index (κ1) is 22.1. The zero-order valence-corrected chi connectivity index (χ0v) is 18.7. The van der Waals surface area contributed by atoms with Gasteiger partial charge in [0.05, 0.1) is 6.26 Å². The Bertz CT molecular complexity index is 933. The van der Waals surface area contributed by atoms with Gasteiger partial charge in [0.2, 0.25) is 16.8 Å². The van der Waals surface area contributed by atoms with Crippen molar-refractivity contribution in [2.75, 3.05) is 24.8 Å². The number of hydrogen-bond donors (Lipinski definition) is 3. The van der Waals surface area contributed by atoms with Gasteiger partial charge >= 0.3 is 0 Å². The predicted octanol–water partition coefficient (Wildman–Crippen LogP) is 2.27. The van der Waals surface area contributed by atoms with Crippen molar-refractivity contribution in [1.29, 1.82) is 0 Å². The van der Waals surface area contributed by atoms with Crippen LogP contribution in [0.2, 0.25) is 0 Å². The van der Waals surface area contributed by atoms with E-state index < -0.39 is 10.0 Å². The minimum Gasteiger partial charge on any atom is -0.454 e. The van der Waals surface area contributed by atoms with E-state index in [0.717, 1.165) is 28.9 Å². The summed E-state index contributed by atoms with van der Waals surface area (Å²) < 4.78 is 35.6. The Balaban J connectivity index is 0.00000280. The lowest BCUT2D eigenvalue weighted by Gasteiger charge is -2.13. The standard InChI is InChI=1S/C18H22N4O4S.HI/c1-19-18(21-11-14-5-8-16-17(9-14)26-12-25-16)20-10-13-3-6-15(7-4-13)22-27(2,23)24;/h3-9,22H,10-12H2,1-2H3,(H2,19,20,21);1H. The second-order valence-electron chi connectivity index (χ2n) is 6.04. The van der Waals surface area contributed by atoms with Crippen molar-refractivity contribution >= 4 is 45.6 Å². The fraction of sp³-hybridized carbons (Fsp3) is 0.278. The molecule has 0 aliphatic carbocycles. The van der Waals surface area contributed by atoms with Gasteiger partial charge in [0, 0.05) is 25.8 Å². The molecule has 10 heteroatoms. The molecule has 28 heavy (non-hydrogen) atoms. The highest BCUT2D eigenvalue weighted by molar-refractivity contribution is 14.0. The third-order valence-electron chi connectivity index (χ3n) is 3.84. The van der Waals surface area contributed by atoms with Crippen molar-refractivity contribution in [3.05, 3.63) is 53.6 Å². The van der Waals surface area contributed by atoms with Crippen LogP contribution in [-0.4, -0.2) is 34.5 Å². The predicted molar refractivity (Wildman–Crippen MR) is 120 cm³/mol. The van der Waals surface area contributed by atoms with Gasteiger partial charge in [0.15, 0.2) is 17.5 Å². The summed E-state index contributed by atoms with van der Waals surface area (Å²) in [5.74, 6) is 2.17. The molecular formula is C18H23IN4O4S. The number of halogens is 1. The summed E-state index contributed by atoms with van der Waals surface area (Å²) in [6, 6.07) is 13.0. The van der Waals surface area contributed by atoms with E-state index in [4.69, 9.17) is 9.47 Å². The lowest BCUT2D eigenvalue weighted by molar-refractivity contribution is 0.174. The van der Waals surface area contributed by atoms with Crippen molar-refractivity contribution in [1.82, 2.24) is 10.6 Å². The zero-order valence-electron chi connectivity index (χ0n) is 15.6. The summed E-state index contributed by atoms with van der Waals surface area (Å²) in [6.45, 7) is 1.40. The molecule has 0 aromatic heterocycles. The SMILES string of the molecule is CN=C(NCc1ccc(NS(C)(=O)=O)cc1)NCc1ccc2c(c1)OCO2.I. The zero-order chi connectivity index (χ0) is 19.3. The van der Waals surface area contributed by atoms with Gasteiger partial charge in [-0.05, 0) is 35.4 Å². The second kappa shape index (κ2) is 9.82. The lowest BCUT2D eigenvalue weighted by Crippen LogP contribution is -2.36. The average molecular weight is 518 g/mol. The third-order valence-corrected chi connectivity index (χ3v) is 4.44. The maximum absolute atomic E-state index is 11.2. The molecule has 1 heterocycles. The number of fused-ring (bicyclic) bond motifs is 1. The van der Waals surface area contributed by atoms with Crippen molar-refractivity contribution in [3.63, 3.8) is 0 Å². The molecule has 0 saturated heterocycles. The van der Waals surface area contributed by atoms with E-state index in [2.05, 4.69) is 20.3 Å². The Labute approximate surface area is 181 Å². The van der Waals surface area contributed by atoms with E-state index in [0.29, 0.717) is 24.7 Å². The topological polar surface area (TPSA) is 101 Å². The number of ether oxygens (including phenoxy) is 2. The fourth-order valence-electron chi connectivity index (χ4n) is 2.55. The van der Waals surface area contributed by atoms with Gasteiger partial charge in [-0.25, -0.2) is 8.42 Å². The second-order valence-corrected chi connectivity index (χ2v) is 7.79. The molecule has 0 radical (unpaired) electrons. The van der Waals surface area contributed by atoms with Crippen LogP contribution < -0.4 is 24.8 Å². The van der Waals surface area contributed by atoms with Gasteiger partial charge in [-0.3, -0.25) is 9.71 Å². The number of aliphatic imine (C=N–C) groups is 1. The molecule has 0 bridgehead atoms. The molecule has 0 saturated carbocycles. The van der Waals surface area contributed by atoms with Crippen molar-refractivity contribution in [3.8, 4) is 11.5 Å². The average Bonchev–Trinajstić information content (AvgIpc) is 3.09. The van der Waals surface area contributed by atoms with E-state index in [-0.39, 0.29) is 30.8 Å². The minimum atomic E-state index is -3.27. The Morgan fingerprint density at radius 2 is 1.61 bits per heavy atom. The molecule has 3 rings (SSSR count). The van der Waals surface area contributed by atoms with Crippen molar-refractivity contribution in [2.45, 2.75) is 13.1 Å². The van der Waals surface area contributed by atoms with Crippen LogP contribution in [0, 0.1) is 0 Å². The van der Waals surface area contributed by atoms with Crippen LogP contribution in [-0.2, 0) is 23.1 Å². The Kier molecular flexibility index (Phi) is 7.75. The van der Waals surface area contributed by atoms with Crippen LogP contribution in [0.1, 0.15) is 11.1 Å². The first-order valence-electron chi connectivity index (χ1n) is 8.33. The number of guanidine groups is 1. The summed E-state index contributed by atoms with van der Waals surface area (Å²) in [5.41, 5.74) is 2.59. The van der Waals surface area contributed by atoms with E-state index in [1.165, 1.54) is 0 Å². The van der Waals surface area contributed by atoms with Crippen LogP contribution in [0.4, 0.5) is 5.69 Å². The van der Waals surface area contributed by atoms with Crippen LogP contribution >= 0.6 is 24.0 Å². The van der Waals surface area contributed by atoms with Crippen LogP contribution in [0.15, 0.2) is 47.5 Å². The van der Waals surface area contributed by atoms with Crippen LogP contribution in [0.3, 0.4) is 0 Å². The maximum Gasteiger partial charge on any atom is 0.231 e. The van der Waals surface area contributed by atoms with Gasteiger partial charge < -0.3 is 20.1 Å². The number of hydrogen-bond acceptors (Lipinski definition) is 5. The Morgan fingerprint density at radius 1 is 1.00 bits per heavy atom. The molecule has 2 aromatic rings. The highest BCUT2D eigenvalue weighted by Gasteiger charge is 2.13. The lowest BCUT2D eigenvalue weighted by atomic mass is 10.2. The molecule has 0 amide bonds. The molecule has 0 atom stereocenters. The molecule has 0 unspecified atom stereocenters. The molecule has 8 nitrogen and oxygen atoms in total. The van der Waals surface area contributed by atoms with E-state index >= 15 is 0 Å². The number of sulfonamides is 1. The monoisotopic (exact) mass is 518 g/mol. The molecule has 0 spiro atoms. The largest absolute Gasteiger partial charge is 0.454 e. The van der Waals surface area contributed by atoms with Gasteiger partial charge in [0.25, 0.3) is 0 Å². The number of anilines is 1. The van der Waals surface area contributed by atoms with Crippen molar-refractivity contribution < 1.29 is 17.9 Å². The van der Waals surface area contributed by atoms with Crippen LogP contribution in [0.5, 0.6) is 11.5 Å². The van der Waals surface area contributed by atoms with E-state index in [9.17, 15) is 8.42 Å². The third kappa shape index (κ3) is 6.44. The first-order valence-corrected chi connectivity index (χ1v) is 10.2. The summed E-state index contributed by atoms with van der Waals surface area (Å²) in [7, 11) is -1.57. The van der Waals surface area contributed by atoms with Gasteiger partial charge in [-0.1, -0.05) is 18.2 Å². The van der Waals surface area contributed by atoms with E-state index in [1.807, 2.05) is 30.3 Å². The highest BCUT2D eigenvalue weighted by Crippen LogP contribution is 2.32. The molecule has 0 fully saturated rings. The number of nitrogens with zero attached hydrogens (tertiary/aromatic N) is 1. The fourth-order valence-corrected chi connectivity index (χ4v) is 3.11. The summed E-state index contributed by atoms with van der Waals surface area (Å²) in [5, 5.41) is 6.46. The molecule has 152 valence electrons. The first-order chi connectivity index (χ1) is 12.9. The van der Waals surface area contributed by atoms with E-state index in [1.54, 1.807) is 19.2 Å². The normalized spacial score (nSPS) is 12.9. The van der Waals surface area contributed by atoms with Gasteiger partial charge in [0.1, 0.15) is 0 Å². The molecule has 1 aliphatic rings. The smallest absolute Gasteiger partial charge is 0.231 e. The summed E-state index contributed by atoms with van der Waals surface area (Å²) in [6.07, 6.45) is 1.12. The number of benzene rings is 2. The number of rotatable bonds is 6. The molecule has 2 aromatic carbocycles. The van der Waals surface area contributed by atoms with Crippen LogP contribution in [0.25, 0.3) is 0 Å². The van der Waals surface area contributed by atoms with Gasteiger partial charge in [-0.2, -0.15) is 0 Å². The minimum absolute atomic E-state index is 0. The molecule has 1 aliphatic heterocycles. The maximum atomic E-state index is 11.2. The molecule has 3 N–H and O–H groups in total. The summed E-state index contributed by atoms with van der Waals surface area (Å²) in [4.78, 5) is 4.20. The quantitative estimate of drug-likeness (QED) is 0.308. The highest BCUT2D eigenvalue weighted by atomic mass is 127. The summed E-state index contributed by atoms with van der Waals surface area (Å²) >= 11 is 0. The van der Waals surface area contributed by atoms with Gasteiger partial charge in [-0.15, -0.1) is 24.0 Å². The van der Waals surface area contributed by atoms with Crippen molar-refractivity contribution in [2.24, 2.45) is 4.99 Å². The number of nitrogens with one attached hydrogen (secondary N) is 3. The Hall–Kier alpha value is -2.21.